The van der Waals surface area contributed by atoms with E-state index in [1.54, 1.807) is 12.1 Å². The van der Waals surface area contributed by atoms with Crippen LogP contribution in [0.3, 0.4) is 0 Å². The summed E-state index contributed by atoms with van der Waals surface area (Å²) in [5, 5.41) is 7.37. The highest BCUT2D eigenvalue weighted by Gasteiger charge is 2.30. The van der Waals surface area contributed by atoms with Gasteiger partial charge >= 0.3 is 0 Å². The molecule has 0 fully saturated rings. The summed E-state index contributed by atoms with van der Waals surface area (Å²) in [6.45, 7) is 0. The minimum Gasteiger partial charge on any atom is -0.457 e. The molecular formula is C23H17N3O5S. The third-order valence-corrected chi connectivity index (χ3v) is 6.57. The molecule has 0 unspecified atom stereocenters. The normalized spacial score (nSPS) is 13.0. The lowest BCUT2D eigenvalue weighted by Crippen LogP contribution is -2.32. The SMILES string of the molecule is O=C(CC1c2ccccc2Oc2ccccc21)NS(=O)(=O)c1cccc(-c2nnco2)c1. The van der Waals surface area contributed by atoms with E-state index in [9.17, 15) is 13.2 Å². The summed E-state index contributed by atoms with van der Waals surface area (Å²) < 4.78 is 39.0. The fraction of sp³-hybridized carbons (Fsp3) is 0.0870. The molecule has 5 rings (SSSR count). The summed E-state index contributed by atoms with van der Waals surface area (Å²) in [5.41, 5.74) is 2.10. The summed E-state index contributed by atoms with van der Waals surface area (Å²) >= 11 is 0. The van der Waals surface area contributed by atoms with Gasteiger partial charge in [0, 0.05) is 29.0 Å². The Labute approximate surface area is 183 Å². The zero-order chi connectivity index (χ0) is 22.1. The van der Waals surface area contributed by atoms with E-state index in [1.165, 1.54) is 12.1 Å². The van der Waals surface area contributed by atoms with Crippen LogP contribution in [0.1, 0.15) is 23.5 Å². The summed E-state index contributed by atoms with van der Waals surface area (Å²) in [7, 11) is -4.10. The lowest BCUT2D eigenvalue weighted by molar-refractivity contribution is -0.119. The van der Waals surface area contributed by atoms with E-state index < -0.39 is 15.9 Å². The number of nitrogens with zero attached hydrogens (tertiary/aromatic N) is 2. The van der Waals surface area contributed by atoms with E-state index in [1.807, 2.05) is 48.5 Å². The first-order chi connectivity index (χ1) is 15.5. The van der Waals surface area contributed by atoms with Crippen molar-refractivity contribution in [1.29, 1.82) is 0 Å². The number of nitrogens with one attached hydrogen (secondary N) is 1. The number of para-hydroxylation sites is 2. The molecule has 0 aliphatic carbocycles. The van der Waals surface area contributed by atoms with E-state index in [4.69, 9.17) is 9.15 Å². The number of carbonyl (C=O) groups is 1. The highest BCUT2D eigenvalue weighted by Crippen LogP contribution is 2.45. The van der Waals surface area contributed by atoms with Gasteiger partial charge in [0.1, 0.15) is 11.5 Å². The highest BCUT2D eigenvalue weighted by molar-refractivity contribution is 7.90. The minimum atomic E-state index is -4.10. The summed E-state index contributed by atoms with van der Waals surface area (Å²) in [4.78, 5) is 12.8. The molecule has 1 aliphatic rings. The first-order valence-corrected chi connectivity index (χ1v) is 11.3. The maximum atomic E-state index is 12.9. The van der Waals surface area contributed by atoms with Crippen LogP contribution in [-0.2, 0) is 14.8 Å². The van der Waals surface area contributed by atoms with E-state index in [-0.39, 0.29) is 23.1 Å². The van der Waals surface area contributed by atoms with Crippen LogP contribution in [0.25, 0.3) is 11.5 Å². The predicted octanol–water partition coefficient (Wildman–Crippen LogP) is 3.87. The van der Waals surface area contributed by atoms with Crippen molar-refractivity contribution in [3.05, 3.63) is 90.3 Å². The Morgan fingerprint density at radius 3 is 2.28 bits per heavy atom. The van der Waals surface area contributed by atoms with Crippen LogP contribution in [-0.4, -0.2) is 24.5 Å². The zero-order valence-electron chi connectivity index (χ0n) is 16.6. The number of hydrogen-bond acceptors (Lipinski definition) is 7. The van der Waals surface area contributed by atoms with Gasteiger partial charge in [0.05, 0.1) is 4.90 Å². The number of amides is 1. The standard InChI is InChI=1S/C23H17N3O5S/c27-22(26-32(28,29)16-7-5-6-15(12-16)23-25-24-14-30-23)13-19-17-8-1-3-10-20(17)31-21-11-4-2-9-18(19)21/h1-12,14,19H,13H2,(H,26,27). The third-order valence-electron chi connectivity index (χ3n) is 5.20. The van der Waals surface area contributed by atoms with Crippen LogP contribution < -0.4 is 9.46 Å². The maximum Gasteiger partial charge on any atom is 0.264 e. The number of fused-ring (bicyclic) bond motifs is 2. The second kappa shape index (κ2) is 7.93. The van der Waals surface area contributed by atoms with Crippen LogP contribution in [0.4, 0.5) is 0 Å². The van der Waals surface area contributed by atoms with E-state index in [0.717, 1.165) is 17.5 Å². The van der Waals surface area contributed by atoms with Gasteiger partial charge in [-0.25, -0.2) is 13.1 Å². The molecule has 0 spiro atoms. The van der Waals surface area contributed by atoms with Gasteiger partial charge in [-0.2, -0.15) is 0 Å². The largest absolute Gasteiger partial charge is 0.457 e. The first-order valence-electron chi connectivity index (χ1n) is 9.79. The van der Waals surface area contributed by atoms with Crippen molar-refractivity contribution in [3.8, 4) is 23.0 Å². The van der Waals surface area contributed by atoms with Gasteiger partial charge in [0.2, 0.25) is 18.2 Å². The lowest BCUT2D eigenvalue weighted by atomic mass is 9.85. The Morgan fingerprint density at radius 2 is 1.62 bits per heavy atom. The Hall–Kier alpha value is -3.98. The molecule has 160 valence electrons. The second-order valence-corrected chi connectivity index (χ2v) is 8.92. The van der Waals surface area contributed by atoms with Crippen LogP contribution in [0.2, 0.25) is 0 Å². The summed E-state index contributed by atoms with van der Waals surface area (Å²) in [6, 6.07) is 20.8. The van der Waals surface area contributed by atoms with Crippen LogP contribution in [0.15, 0.2) is 88.5 Å². The van der Waals surface area contributed by atoms with Gasteiger partial charge in [0.15, 0.2) is 0 Å². The highest BCUT2D eigenvalue weighted by atomic mass is 32.2. The molecule has 1 N–H and O–H groups in total. The number of carbonyl (C=O) groups excluding carboxylic acids is 1. The van der Waals surface area contributed by atoms with Crippen molar-refractivity contribution in [3.63, 3.8) is 0 Å². The van der Waals surface area contributed by atoms with Crippen molar-refractivity contribution in [1.82, 2.24) is 14.9 Å². The number of rotatable bonds is 5. The molecule has 8 nitrogen and oxygen atoms in total. The first kappa shape index (κ1) is 20.0. The van der Waals surface area contributed by atoms with Crippen LogP contribution in [0.5, 0.6) is 11.5 Å². The molecule has 2 heterocycles. The van der Waals surface area contributed by atoms with Crippen molar-refractivity contribution in [2.24, 2.45) is 0 Å². The Kier molecular flexibility index (Phi) is 4.95. The molecule has 3 aromatic carbocycles. The molecule has 1 aromatic heterocycles. The van der Waals surface area contributed by atoms with E-state index >= 15 is 0 Å². The number of aromatic nitrogens is 2. The van der Waals surface area contributed by atoms with Crippen molar-refractivity contribution in [2.75, 3.05) is 0 Å². The molecule has 0 bridgehead atoms. The number of sulfonamides is 1. The van der Waals surface area contributed by atoms with E-state index in [0.29, 0.717) is 17.1 Å². The number of hydrogen-bond donors (Lipinski definition) is 1. The maximum absolute atomic E-state index is 12.9. The van der Waals surface area contributed by atoms with Crippen LogP contribution >= 0.6 is 0 Å². The fourth-order valence-electron chi connectivity index (χ4n) is 3.76. The Balaban J connectivity index is 1.40. The number of ether oxygens (including phenoxy) is 1. The Bertz CT molecular complexity index is 1360. The quantitative estimate of drug-likeness (QED) is 0.494. The molecule has 0 radical (unpaired) electrons. The molecule has 32 heavy (non-hydrogen) atoms. The smallest absolute Gasteiger partial charge is 0.264 e. The predicted molar refractivity (Wildman–Crippen MR) is 114 cm³/mol. The second-order valence-electron chi connectivity index (χ2n) is 7.23. The van der Waals surface area contributed by atoms with E-state index in [2.05, 4.69) is 14.9 Å². The summed E-state index contributed by atoms with van der Waals surface area (Å²) in [5.74, 6) is 0.530. The molecule has 9 heteroatoms. The van der Waals surface area contributed by atoms with Gasteiger partial charge < -0.3 is 9.15 Å². The molecule has 1 amide bonds. The lowest BCUT2D eigenvalue weighted by Gasteiger charge is -2.27. The van der Waals surface area contributed by atoms with Gasteiger partial charge in [-0.1, -0.05) is 42.5 Å². The molecular weight excluding hydrogens is 430 g/mol. The van der Waals surface area contributed by atoms with Gasteiger partial charge in [-0.15, -0.1) is 10.2 Å². The number of benzene rings is 3. The van der Waals surface area contributed by atoms with Crippen molar-refractivity contribution < 1.29 is 22.4 Å². The zero-order valence-corrected chi connectivity index (χ0v) is 17.5. The topological polar surface area (TPSA) is 111 Å². The van der Waals surface area contributed by atoms with Crippen molar-refractivity contribution in [2.45, 2.75) is 17.2 Å². The van der Waals surface area contributed by atoms with Gasteiger partial charge in [0.25, 0.3) is 10.0 Å². The average molecular weight is 447 g/mol. The molecule has 0 saturated carbocycles. The van der Waals surface area contributed by atoms with Crippen molar-refractivity contribution >= 4 is 15.9 Å². The molecule has 0 atom stereocenters. The van der Waals surface area contributed by atoms with Gasteiger partial charge in [-0.3, -0.25) is 4.79 Å². The summed E-state index contributed by atoms with van der Waals surface area (Å²) in [6.07, 6.45) is 1.10. The average Bonchev–Trinajstić information content (AvgIpc) is 3.34. The molecule has 4 aromatic rings. The molecule has 0 saturated heterocycles. The van der Waals surface area contributed by atoms with Crippen LogP contribution in [0, 0.1) is 0 Å². The monoisotopic (exact) mass is 447 g/mol. The Morgan fingerprint density at radius 1 is 0.938 bits per heavy atom. The fourth-order valence-corrected chi connectivity index (χ4v) is 4.80. The van der Waals surface area contributed by atoms with Gasteiger partial charge in [-0.05, 0) is 30.3 Å². The molecule has 1 aliphatic heterocycles. The minimum absolute atomic E-state index is 0.0556. The third kappa shape index (κ3) is 3.74.